The van der Waals surface area contributed by atoms with Crippen LogP contribution in [0, 0.1) is 5.82 Å². The highest BCUT2D eigenvalue weighted by Gasteiger charge is 2.46. The predicted molar refractivity (Wildman–Crippen MR) is 122 cm³/mol. The van der Waals surface area contributed by atoms with Crippen molar-refractivity contribution in [1.29, 1.82) is 0 Å². The van der Waals surface area contributed by atoms with Crippen molar-refractivity contribution in [2.45, 2.75) is 38.3 Å². The quantitative estimate of drug-likeness (QED) is 0.361. The number of carbonyl (C=O) groups is 2. The number of hydrogen-bond donors (Lipinski definition) is 1. The van der Waals surface area contributed by atoms with Crippen molar-refractivity contribution in [3.8, 4) is 0 Å². The van der Waals surface area contributed by atoms with Crippen molar-refractivity contribution in [3.05, 3.63) is 106 Å². The van der Waals surface area contributed by atoms with Gasteiger partial charge >= 0.3 is 0 Å². The summed E-state index contributed by atoms with van der Waals surface area (Å²) in [7, 11) is 0. The number of benzene rings is 2. The minimum Gasteiger partial charge on any atom is -0.507 e. The Morgan fingerprint density at radius 2 is 1.67 bits per heavy atom. The Balaban J connectivity index is 1.63. The van der Waals surface area contributed by atoms with Crippen LogP contribution in [-0.4, -0.2) is 26.7 Å². The van der Waals surface area contributed by atoms with Gasteiger partial charge in [-0.15, -0.1) is 0 Å². The van der Waals surface area contributed by atoms with E-state index in [1.165, 1.54) is 22.6 Å². The van der Waals surface area contributed by atoms with Gasteiger partial charge in [-0.3, -0.25) is 14.6 Å². The van der Waals surface area contributed by atoms with Crippen LogP contribution in [0.5, 0.6) is 0 Å². The normalized spacial score (nSPS) is 19.5. The van der Waals surface area contributed by atoms with Crippen molar-refractivity contribution < 1.29 is 19.1 Å². The number of Topliss-reactive ketones (excluding diaryl/α,β-unsaturated/α-hetero) is 1. The Bertz CT molecular complexity index is 1250. The van der Waals surface area contributed by atoms with Crippen molar-refractivity contribution in [2.75, 3.05) is 0 Å². The molecule has 1 atom stereocenters. The molecule has 0 spiro atoms. The van der Waals surface area contributed by atoms with Crippen molar-refractivity contribution in [3.63, 3.8) is 0 Å². The van der Waals surface area contributed by atoms with E-state index in [9.17, 15) is 19.1 Å². The van der Waals surface area contributed by atoms with Crippen LogP contribution in [-0.2, 0) is 29.0 Å². The topological polar surface area (TPSA) is 70.5 Å². The van der Waals surface area contributed by atoms with Gasteiger partial charge in [-0.1, -0.05) is 24.3 Å². The lowest BCUT2D eigenvalue weighted by Gasteiger charge is -2.25. The van der Waals surface area contributed by atoms with Crippen LogP contribution < -0.4 is 0 Å². The van der Waals surface area contributed by atoms with Gasteiger partial charge in [-0.25, -0.2) is 4.39 Å². The first-order valence-corrected chi connectivity index (χ1v) is 11.1. The van der Waals surface area contributed by atoms with Crippen LogP contribution in [0.15, 0.2) is 72.6 Å². The highest BCUT2D eigenvalue weighted by molar-refractivity contribution is 6.46. The van der Waals surface area contributed by atoms with Gasteiger partial charge in [0.15, 0.2) is 0 Å². The molecule has 1 amide bonds. The Morgan fingerprint density at radius 1 is 0.970 bits per heavy atom. The van der Waals surface area contributed by atoms with E-state index in [0.717, 1.165) is 36.8 Å². The fourth-order valence-electron chi connectivity index (χ4n) is 4.76. The first kappa shape index (κ1) is 21.1. The van der Waals surface area contributed by atoms with Gasteiger partial charge in [0, 0.05) is 24.5 Å². The molecular weight excluding hydrogens is 419 g/mol. The summed E-state index contributed by atoms with van der Waals surface area (Å²) in [5.74, 6) is -2.05. The SMILES string of the molecule is O=C1C(=O)N(Cc2ccncc2)C(c2ccc(F)cc2)/C1=C(/O)c1ccc2c(c1)CCCC2. The Labute approximate surface area is 191 Å². The van der Waals surface area contributed by atoms with Gasteiger partial charge in [0.25, 0.3) is 11.7 Å². The average Bonchev–Trinajstić information content (AvgIpc) is 3.09. The van der Waals surface area contributed by atoms with Gasteiger partial charge in [-0.2, -0.15) is 0 Å². The zero-order valence-corrected chi connectivity index (χ0v) is 18.0. The maximum absolute atomic E-state index is 13.6. The molecule has 1 aliphatic carbocycles. The number of hydrogen-bond acceptors (Lipinski definition) is 4. The molecule has 5 nitrogen and oxygen atoms in total. The third-order valence-electron chi connectivity index (χ3n) is 6.45. The second-order valence-corrected chi connectivity index (χ2v) is 8.52. The average molecular weight is 442 g/mol. The first-order valence-electron chi connectivity index (χ1n) is 11.1. The molecule has 2 heterocycles. The van der Waals surface area contributed by atoms with Gasteiger partial charge in [-0.05, 0) is 78.3 Å². The van der Waals surface area contributed by atoms with Crippen LogP contribution in [0.1, 0.15) is 46.7 Å². The Morgan fingerprint density at radius 3 is 2.39 bits per heavy atom. The van der Waals surface area contributed by atoms with Crippen molar-refractivity contribution in [2.24, 2.45) is 0 Å². The smallest absolute Gasteiger partial charge is 0.295 e. The number of fused-ring (bicyclic) bond motifs is 1. The number of amides is 1. The van der Waals surface area contributed by atoms with Crippen LogP contribution in [0.4, 0.5) is 4.39 Å². The molecule has 5 rings (SSSR count). The van der Waals surface area contributed by atoms with E-state index in [1.54, 1.807) is 42.7 Å². The summed E-state index contributed by atoms with van der Waals surface area (Å²) in [6.07, 6.45) is 7.39. The minimum atomic E-state index is -0.824. The van der Waals surface area contributed by atoms with E-state index in [1.807, 2.05) is 12.1 Å². The van der Waals surface area contributed by atoms with E-state index in [4.69, 9.17) is 0 Å². The molecule has 1 aliphatic heterocycles. The minimum absolute atomic E-state index is 0.0245. The molecule has 3 aromatic rings. The fraction of sp³-hybridized carbons (Fsp3) is 0.222. The second kappa shape index (κ2) is 8.62. The summed E-state index contributed by atoms with van der Waals surface area (Å²) in [5, 5.41) is 11.3. The summed E-state index contributed by atoms with van der Waals surface area (Å²) in [4.78, 5) is 31.7. The standard InChI is InChI=1S/C27H23FN2O3/c28-22-9-7-19(8-10-22)24-23(25(31)21-6-5-18-3-1-2-4-20(18)15-21)26(32)27(33)30(24)16-17-11-13-29-14-12-17/h5-15,24,31H,1-4,16H2/b25-23-. The van der Waals surface area contributed by atoms with Crippen molar-refractivity contribution >= 4 is 17.4 Å². The van der Waals surface area contributed by atoms with E-state index in [0.29, 0.717) is 11.1 Å². The monoisotopic (exact) mass is 442 g/mol. The highest BCUT2D eigenvalue weighted by atomic mass is 19.1. The lowest BCUT2D eigenvalue weighted by Crippen LogP contribution is -2.29. The predicted octanol–water partition coefficient (Wildman–Crippen LogP) is 4.72. The number of ketones is 1. The number of aryl methyl sites for hydroxylation is 2. The van der Waals surface area contributed by atoms with Crippen LogP contribution >= 0.6 is 0 Å². The molecule has 0 saturated carbocycles. The zero-order valence-electron chi connectivity index (χ0n) is 18.0. The maximum Gasteiger partial charge on any atom is 0.295 e. The number of carbonyl (C=O) groups excluding carboxylic acids is 2. The van der Waals surface area contributed by atoms with Gasteiger partial charge in [0.2, 0.25) is 0 Å². The van der Waals surface area contributed by atoms with E-state index < -0.39 is 23.5 Å². The Hall–Kier alpha value is -3.80. The molecule has 0 radical (unpaired) electrons. The molecule has 166 valence electrons. The number of nitrogens with zero attached hydrogens (tertiary/aromatic N) is 2. The molecule has 1 saturated heterocycles. The fourth-order valence-corrected chi connectivity index (χ4v) is 4.76. The van der Waals surface area contributed by atoms with Gasteiger partial charge < -0.3 is 10.0 Å². The summed E-state index contributed by atoms with van der Waals surface area (Å²) in [6.45, 7) is 0.163. The summed E-state index contributed by atoms with van der Waals surface area (Å²) in [5.41, 5.74) is 4.32. The molecule has 1 fully saturated rings. The van der Waals surface area contributed by atoms with Crippen LogP contribution in [0.2, 0.25) is 0 Å². The van der Waals surface area contributed by atoms with Crippen LogP contribution in [0.3, 0.4) is 0 Å². The maximum atomic E-state index is 13.6. The van der Waals surface area contributed by atoms with E-state index in [-0.39, 0.29) is 17.9 Å². The Kier molecular flexibility index (Phi) is 5.50. The number of rotatable bonds is 4. The third-order valence-corrected chi connectivity index (χ3v) is 6.45. The molecule has 6 heteroatoms. The lowest BCUT2D eigenvalue weighted by atomic mass is 9.88. The largest absolute Gasteiger partial charge is 0.507 e. The second-order valence-electron chi connectivity index (χ2n) is 8.52. The molecule has 1 aromatic heterocycles. The van der Waals surface area contributed by atoms with Gasteiger partial charge in [0.05, 0.1) is 11.6 Å². The summed E-state index contributed by atoms with van der Waals surface area (Å²) >= 11 is 0. The number of likely N-dealkylation sites (tertiary alicyclic amines) is 1. The number of halogens is 1. The summed E-state index contributed by atoms with van der Waals surface area (Å²) in [6, 6.07) is 14.1. The van der Waals surface area contributed by atoms with Gasteiger partial charge in [0.1, 0.15) is 11.6 Å². The molecular formula is C27H23FN2O3. The molecule has 1 unspecified atom stereocenters. The first-order chi connectivity index (χ1) is 16.0. The van der Waals surface area contributed by atoms with Crippen LogP contribution in [0.25, 0.3) is 5.76 Å². The third kappa shape index (κ3) is 3.93. The molecule has 2 aliphatic rings. The molecule has 0 bridgehead atoms. The highest BCUT2D eigenvalue weighted by Crippen LogP contribution is 2.40. The van der Waals surface area contributed by atoms with E-state index in [2.05, 4.69) is 4.98 Å². The van der Waals surface area contributed by atoms with E-state index >= 15 is 0 Å². The lowest BCUT2D eigenvalue weighted by molar-refractivity contribution is -0.140. The molecule has 2 aromatic carbocycles. The van der Waals surface area contributed by atoms with Crippen molar-refractivity contribution in [1.82, 2.24) is 9.88 Å². The summed E-state index contributed by atoms with van der Waals surface area (Å²) < 4.78 is 13.6. The number of pyridine rings is 1. The number of aliphatic hydroxyl groups excluding tert-OH is 1. The number of aliphatic hydroxyl groups is 1. The molecule has 33 heavy (non-hydrogen) atoms. The molecule has 1 N–H and O–H groups in total. The zero-order chi connectivity index (χ0) is 22.9. The number of aromatic nitrogens is 1.